The van der Waals surface area contributed by atoms with Gasteiger partial charge in [0, 0.05) is 26.1 Å². The summed E-state index contributed by atoms with van der Waals surface area (Å²) in [6.45, 7) is 3.63. The fraction of sp³-hybridized carbons (Fsp3) is 0.261. The second-order valence-corrected chi connectivity index (χ2v) is 7.01. The molecule has 0 spiro atoms. The Kier molecular flexibility index (Phi) is 6.32. The number of benzene rings is 2. The summed E-state index contributed by atoms with van der Waals surface area (Å²) < 4.78 is 10.1. The standard InChI is InChI=1S/C23H23NO6/c1-14-4-6-17(7-5-14)21(26)19-20(24(12-13-29-3)23(28)22(19)27)16-8-10-18(11-9-16)30-15(2)25/h4-11,20,26H,12-13H2,1-3H3/b21-19-. The monoisotopic (exact) mass is 409 g/mol. The number of esters is 1. The molecule has 0 saturated carbocycles. The van der Waals surface area contributed by atoms with Gasteiger partial charge >= 0.3 is 5.97 Å². The highest BCUT2D eigenvalue weighted by Crippen LogP contribution is 2.39. The maximum atomic E-state index is 12.8. The minimum absolute atomic E-state index is 0.0141. The molecular weight excluding hydrogens is 386 g/mol. The van der Waals surface area contributed by atoms with E-state index in [9.17, 15) is 19.5 Å². The molecule has 2 aromatic rings. The number of Topliss-reactive ketones (excluding diaryl/α,β-unsaturated/α-hetero) is 1. The summed E-state index contributed by atoms with van der Waals surface area (Å²) in [5, 5.41) is 10.9. The maximum absolute atomic E-state index is 12.8. The van der Waals surface area contributed by atoms with Gasteiger partial charge in [-0.15, -0.1) is 0 Å². The van der Waals surface area contributed by atoms with Crippen molar-refractivity contribution in [1.82, 2.24) is 4.90 Å². The van der Waals surface area contributed by atoms with Gasteiger partial charge in [-0.25, -0.2) is 0 Å². The number of carbonyl (C=O) groups excluding carboxylic acids is 3. The highest BCUT2D eigenvalue weighted by atomic mass is 16.5. The third-order valence-corrected chi connectivity index (χ3v) is 4.86. The number of aliphatic hydroxyl groups excluding tert-OH is 1. The van der Waals surface area contributed by atoms with Crippen molar-refractivity contribution in [3.05, 3.63) is 70.8 Å². The van der Waals surface area contributed by atoms with Crippen LogP contribution in [0, 0.1) is 6.92 Å². The molecule has 3 rings (SSSR count). The first kappa shape index (κ1) is 21.3. The Morgan fingerprint density at radius 1 is 1.07 bits per heavy atom. The van der Waals surface area contributed by atoms with E-state index in [0.717, 1.165) is 5.56 Å². The zero-order chi connectivity index (χ0) is 21.8. The van der Waals surface area contributed by atoms with Crippen molar-refractivity contribution in [2.45, 2.75) is 19.9 Å². The quantitative estimate of drug-likeness (QED) is 0.259. The molecule has 1 heterocycles. The molecule has 1 unspecified atom stereocenters. The number of aliphatic hydroxyl groups is 1. The average molecular weight is 409 g/mol. The van der Waals surface area contributed by atoms with Gasteiger partial charge in [0.25, 0.3) is 11.7 Å². The van der Waals surface area contributed by atoms with Crippen molar-refractivity contribution in [1.29, 1.82) is 0 Å². The molecule has 156 valence electrons. The number of rotatable bonds is 6. The van der Waals surface area contributed by atoms with Gasteiger partial charge in [0.1, 0.15) is 11.5 Å². The van der Waals surface area contributed by atoms with Crippen molar-refractivity contribution >= 4 is 23.4 Å². The first-order valence-corrected chi connectivity index (χ1v) is 9.46. The van der Waals surface area contributed by atoms with Crippen LogP contribution >= 0.6 is 0 Å². The van der Waals surface area contributed by atoms with Crippen LogP contribution in [-0.4, -0.2) is 47.9 Å². The number of ketones is 1. The second kappa shape index (κ2) is 8.92. The van der Waals surface area contributed by atoms with E-state index in [0.29, 0.717) is 16.9 Å². The predicted molar refractivity (Wildman–Crippen MR) is 110 cm³/mol. The second-order valence-electron chi connectivity index (χ2n) is 7.01. The average Bonchev–Trinajstić information content (AvgIpc) is 2.97. The first-order chi connectivity index (χ1) is 14.3. The van der Waals surface area contributed by atoms with Crippen LogP contribution < -0.4 is 4.74 Å². The van der Waals surface area contributed by atoms with Crippen molar-refractivity contribution in [2.24, 2.45) is 0 Å². The number of methoxy groups -OCH3 is 1. The molecule has 0 aromatic heterocycles. The summed E-state index contributed by atoms with van der Waals surface area (Å²) in [4.78, 5) is 38.1. The molecule has 1 aliphatic heterocycles. The summed E-state index contributed by atoms with van der Waals surface area (Å²) in [5.74, 6) is -1.79. The van der Waals surface area contributed by atoms with Gasteiger partial charge in [-0.2, -0.15) is 0 Å². The molecule has 1 fully saturated rings. The van der Waals surface area contributed by atoms with Gasteiger partial charge in [-0.05, 0) is 24.6 Å². The van der Waals surface area contributed by atoms with E-state index in [1.54, 1.807) is 36.4 Å². The van der Waals surface area contributed by atoms with E-state index < -0.39 is 23.7 Å². The van der Waals surface area contributed by atoms with Gasteiger partial charge in [-0.3, -0.25) is 14.4 Å². The molecule has 30 heavy (non-hydrogen) atoms. The smallest absolute Gasteiger partial charge is 0.308 e. The van der Waals surface area contributed by atoms with E-state index in [4.69, 9.17) is 9.47 Å². The maximum Gasteiger partial charge on any atom is 0.308 e. The lowest BCUT2D eigenvalue weighted by atomic mass is 9.95. The number of hydrogen-bond acceptors (Lipinski definition) is 6. The molecular formula is C23H23NO6. The fourth-order valence-corrected chi connectivity index (χ4v) is 3.40. The van der Waals surface area contributed by atoms with E-state index in [-0.39, 0.29) is 24.5 Å². The number of hydrogen-bond donors (Lipinski definition) is 1. The zero-order valence-corrected chi connectivity index (χ0v) is 17.0. The molecule has 1 N–H and O–H groups in total. The summed E-state index contributed by atoms with van der Waals surface area (Å²) in [7, 11) is 1.51. The summed E-state index contributed by atoms with van der Waals surface area (Å²) in [5.41, 5.74) is 2.08. The molecule has 0 bridgehead atoms. The van der Waals surface area contributed by atoms with Crippen LogP contribution in [0.4, 0.5) is 0 Å². The number of aryl methyl sites for hydroxylation is 1. The Morgan fingerprint density at radius 3 is 2.27 bits per heavy atom. The number of ether oxygens (including phenoxy) is 2. The van der Waals surface area contributed by atoms with Crippen molar-refractivity contribution in [3.63, 3.8) is 0 Å². The predicted octanol–water partition coefficient (Wildman–Crippen LogP) is 2.99. The molecule has 1 amide bonds. The van der Waals surface area contributed by atoms with Gasteiger partial charge in [-0.1, -0.05) is 42.0 Å². The number of nitrogens with zero attached hydrogens (tertiary/aromatic N) is 1. The third-order valence-electron chi connectivity index (χ3n) is 4.86. The lowest BCUT2D eigenvalue weighted by molar-refractivity contribution is -0.140. The van der Waals surface area contributed by atoms with Crippen LogP contribution in [0.2, 0.25) is 0 Å². The molecule has 2 aromatic carbocycles. The van der Waals surface area contributed by atoms with Crippen LogP contribution in [0.3, 0.4) is 0 Å². The Morgan fingerprint density at radius 2 is 1.70 bits per heavy atom. The highest BCUT2D eigenvalue weighted by molar-refractivity contribution is 6.46. The van der Waals surface area contributed by atoms with E-state index in [2.05, 4.69) is 0 Å². The molecule has 1 aliphatic rings. The van der Waals surface area contributed by atoms with Crippen LogP contribution in [0.25, 0.3) is 5.76 Å². The summed E-state index contributed by atoms with van der Waals surface area (Å²) in [6.07, 6.45) is 0. The Balaban J connectivity index is 2.09. The number of likely N-dealkylation sites (tertiary alicyclic amines) is 1. The third kappa shape index (κ3) is 4.26. The van der Waals surface area contributed by atoms with Crippen LogP contribution in [0.5, 0.6) is 5.75 Å². The summed E-state index contributed by atoms with van der Waals surface area (Å²) in [6, 6.07) is 12.7. The molecule has 7 heteroatoms. The molecule has 7 nitrogen and oxygen atoms in total. The van der Waals surface area contributed by atoms with Crippen molar-refractivity contribution < 1.29 is 29.0 Å². The van der Waals surface area contributed by atoms with Crippen molar-refractivity contribution in [3.8, 4) is 5.75 Å². The van der Waals surface area contributed by atoms with E-state index in [1.165, 1.54) is 18.9 Å². The molecule has 0 aliphatic carbocycles. The van der Waals surface area contributed by atoms with Crippen LogP contribution in [-0.2, 0) is 19.1 Å². The lowest BCUT2D eigenvalue weighted by Gasteiger charge is -2.25. The van der Waals surface area contributed by atoms with Gasteiger partial charge in [0.15, 0.2) is 0 Å². The Hall–Kier alpha value is -3.45. The minimum atomic E-state index is -0.784. The zero-order valence-electron chi connectivity index (χ0n) is 17.0. The Bertz CT molecular complexity index is 991. The molecule has 1 atom stereocenters. The topological polar surface area (TPSA) is 93.1 Å². The number of amides is 1. The lowest BCUT2D eigenvalue weighted by Crippen LogP contribution is -2.32. The SMILES string of the molecule is COCCN1C(=O)C(=O)/C(=C(\O)c2ccc(C)cc2)C1c1ccc(OC(C)=O)cc1. The van der Waals surface area contributed by atoms with Crippen molar-refractivity contribution in [2.75, 3.05) is 20.3 Å². The number of carbonyl (C=O) groups is 3. The van der Waals surface area contributed by atoms with Gasteiger partial charge in [0.05, 0.1) is 18.2 Å². The minimum Gasteiger partial charge on any atom is -0.507 e. The first-order valence-electron chi connectivity index (χ1n) is 9.46. The highest BCUT2D eigenvalue weighted by Gasteiger charge is 2.45. The normalized spacial score (nSPS) is 18.0. The van der Waals surface area contributed by atoms with Crippen LogP contribution in [0.1, 0.15) is 29.7 Å². The summed E-state index contributed by atoms with van der Waals surface area (Å²) >= 11 is 0. The van der Waals surface area contributed by atoms with E-state index in [1.807, 2.05) is 19.1 Å². The van der Waals surface area contributed by atoms with E-state index >= 15 is 0 Å². The molecule has 0 radical (unpaired) electrons. The van der Waals surface area contributed by atoms with Gasteiger partial charge in [0.2, 0.25) is 0 Å². The van der Waals surface area contributed by atoms with Gasteiger partial charge < -0.3 is 19.5 Å². The largest absolute Gasteiger partial charge is 0.507 e. The molecule has 1 saturated heterocycles. The van der Waals surface area contributed by atoms with Crippen LogP contribution in [0.15, 0.2) is 54.1 Å². The fourth-order valence-electron chi connectivity index (χ4n) is 3.40. The Labute approximate surface area is 174 Å².